The molecule has 4 rings (SSSR count). The number of rotatable bonds is 9. The van der Waals surface area contributed by atoms with Crippen LogP contribution in [0.3, 0.4) is 0 Å². The number of amidine groups is 1. The first kappa shape index (κ1) is 28.3. The molecule has 1 aliphatic rings. The van der Waals surface area contributed by atoms with Crippen molar-refractivity contribution in [2.45, 2.75) is 31.2 Å². The van der Waals surface area contributed by atoms with E-state index in [1.54, 1.807) is 17.0 Å². The van der Waals surface area contributed by atoms with Crippen LogP contribution in [0.2, 0.25) is 0 Å². The highest BCUT2D eigenvalue weighted by Gasteiger charge is 2.20. The fourth-order valence-electron chi connectivity index (χ4n) is 4.52. The summed E-state index contributed by atoms with van der Waals surface area (Å²) < 4.78 is 23.2. The van der Waals surface area contributed by atoms with Crippen LogP contribution >= 0.6 is 0 Å². The zero-order chi connectivity index (χ0) is 27.8. The number of carbonyl (C=O) groups is 1. The van der Waals surface area contributed by atoms with Crippen LogP contribution in [-0.2, 0) is 16.6 Å². The van der Waals surface area contributed by atoms with E-state index < -0.39 is 10.0 Å². The molecule has 1 fully saturated rings. The number of amides is 2. The lowest BCUT2D eigenvalue weighted by Gasteiger charge is -2.36. The van der Waals surface area contributed by atoms with Gasteiger partial charge in [0.2, 0.25) is 10.0 Å². The Morgan fingerprint density at radius 3 is 2.18 bits per heavy atom. The van der Waals surface area contributed by atoms with Gasteiger partial charge in [-0.05, 0) is 67.1 Å². The number of hydrogen-bond donors (Lipinski definition) is 3. The summed E-state index contributed by atoms with van der Waals surface area (Å²) in [6, 6.07) is 22.4. The minimum Gasteiger partial charge on any atom is -0.354 e. The predicted molar refractivity (Wildman–Crippen MR) is 156 cm³/mol. The third-order valence-electron chi connectivity index (χ3n) is 6.83. The van der Waals surface area contributed by atoms with Gasteiger partial charge >= 0.3 is 6.03 Å². The molecule has 0 saturated carbocycles. The van der Waals surface area contributed by atoms with Gasteiger partial charge in [-0.25, -0.2) is 18.4 Å². The molecule has 3 aromatic carbocycles. The van der Waals surface area contributed by atoms with Gasteiger partial charge in [0.1, 0.15) is 5.84 Å². The van der Waals surface area contributed by atoms with Crippen molar-refractivity contribution in [1.82, 2.24) is 9.80 Å². The van der Waals surface area contributed by atoms with Crippen molar-refractivity contribution in [3.05, 3.63) is 90.0 Å². The van der Waals surface area contributed by atoms with Gasteiger partial charge in [-0.3, -0.25) is 15.2 Å². The summed E-state index contributed by atoms with van der Waals surface area (Å²) in [5.74, 6) is 0.497. The number of para-hydroxylation sites is 1. The van der Waals surface area contributed by atoms with Crippen molar-refractivity contribution in [2.24, 2.45) is 5.14 Å². The van der Waals surface area contributed by atoms with Crippen LogP contribution in [0.25, 0.3) is 0 Å². The molecule has 206 valence electrons. The summed E-state index contributed by atoms with van der Waals surface area (Å²) >= 11 is 0. The molecule has 0 bridgehead atoms. The number of primary sulfonamides is 1. The van der Waals surface area contributed by atoms with E-state index in [1.165, 1.54) is 25.0 Å². The monoisotopic (exact) mass is 548 g/mol. The Hall–Kier alpha value is -3.73. The van der Waals surface area contributed by atoms with Crippen molar-refractivity contribution in [3.8, 4) is 0 Å². The highest BCUT2D eigenvalue weighted by atomic mass is 32.2. The average molecular weight is 549 g/mol. The fraction of sp³-hybridized carbons (Fsp3) is 0.310. The summed E-state index contributed by atoms with van der Waals surface area (Å²) in [4.78, 5) is 19.5. The highest BCUT2D eigenvalue weighted by molar-refractivity contribution is 7.89. The number of urea groups is 1. The quantitative estimate of drug-likeness (QED) is 0.272. The zero-order valence-corrected chi connectivity index (χ0v) is 23.0. The van der Waals surface area contributed by atoms with Crippen LogP contribution < -0.4 is 15.4 Å². The number of hydrogen-bond acceptors (Lipinski definition) is 5. The molecule has 2 amide bonds. The number of nitrogens with two attached hydrogens (primary N) is 1. The van der Waals surface area contributed by atoms with Gasteiger partial charge in [0.05, 0.1) is 11.4 Å². The zero-order valence-electron chi connectivity index (χ0n) is 22.2. The van der Waals surface area contributed by atoms with Crippen molar-refractivity contribution >= 4 is 33.3 Å². The van der Waals surface area contributed by atoms with Crippen molar-refractivity contribution in [1.29, 1.82) is 5.41 Å². The van der Waals surface area contributed by atoms with Gasteiger partial charge < -0.3 is 10.2 Å². The second-order valence-corrected chi connectivity index (χ2v) is 11.2. The standard InChI is InChI=1S/C29H36N6O3S/c1-2-3-17-33-18-20-34(21-19-33)28(30)24-11-13-25(14-12-24)32-29(36)35(26-7-5-4-6-8-26)22-23-9-15-27(16-10-23)39(31,37)38/h4-16,30H,2-3,17-22H2,1H3,(H,32,36)(H2,31,37,38). The Morgan fingerprint density at radius 2 is 1.59 bits per heavy atom. The molecule has 0 spiro atoms. The van der Waals surface area contributed by atoms with Gasteiger partial charge in [0, 0.05) is 43.1 Å². The van der Waals surface area contributed by atoms with Crippen molar-refractivity contribution < 1.29 is 13.2 Å². The third-order valence-corrected chi connectivity index (χ3v) is 7.76. The Bertz CT molecular complexity index is 1350. The lowest BCUT2D eigenvalue weighted by Crippen LogP contribution is -2.48. The summed E-state index contributed by atoms with van der Waals surface area (Å²) in [6.07, 6.45) is 2.40. The van der Waals surface area contributed by atoms with Crippen LogP contribution in [0.15, 0.2) is 83.8 Å². The Balaban J connectivity index is 1.41. The molecule has 10 heteroatoms. The molecular formula is C29H36N6O3S. The molecule has 4 N–H and O–H groups in total. The topological polar surface area (TPSA) is 123 Å². The first-order chi connectivity index (χ1) is 18.7. The largest absolute Gasteiger partial charge is 0.354 e. The lowest BCUT2D eigenvalue weighted by molar-refractivity contribution is 0.180. The molecule has 0 unspecified atom stereocenters. The molecule has 9 nitrogen and oxygen atoms in total. The number of nitrogens with one attached hydrogen (secondary N) is 2. The molecule has 1 saturated heterocycles. The van der Waals surface area contributed by atoms with Gasteiger partial charge in [-0.15, -0.1) is 0 Å². The number of piperazine rings is 1. The van der Waals surface area contributed by atoms with E-state index >= 15 is 0 Å². The highest BCUT2D eigenvalue weighted by Crippen LogP contribution is 2.21. The maximum atomic E-state index is 13.4. The summed E-state index contributed by atoms with van der Waals surface area (Å²) in [5.41, 5.74) is 2.87. The number of sulfonamides is 1. The number of nitrogens with zero attached hydrogens (tertiary/aromatic N) is 3. The molecule has 0 radical (unpaired) electrons. The maximum Gasteiger partial charge on any atom is 0.326 e. The van der Waals surface area contributed by atoms with E-state index in [1.807, 2.05) is 54.6 Å². The van der Waals surface area contributed by atoms with E-state index in [0.717, 1.165) is 43.9 Å². The van der Waals surface area contributed by atoms with Gasteiger partial charge in [-0.2, -0.15) is 0 Å². The van der Waals surface area contributed by atoms with E-state index in [9.17, 15) is 13.2 Å². The summed E-state index contributed by atoms with van der Waals surface area (Å²) in [5, 5.41) is 16.8. The molecule has 39 heavy (non-hydrogen) atoms. The van der Waals surface area contributed by atoms with Crippen LogP contribution in [0.1, 0.15) is 30.9 Å². The Kier molecular flexibility index (Phi) is 9.34. The molecule has 3 aromatic rings. The fourth-order valence-corrected chi connectivity index (χ4v) is 5.03. The third kappa shape index (κ3) is 7.66. The predicted octanol–water partition coefficient (Wildman–Crippen LogP) is 4.32. The number of unbranched alkanes of at least 4 members (excludes halogenated alkanes) is 1. The first-order valence-corrected chi connectivity index (χ1v) is 14.7. The molecule has 0 aromatic heterocycles. The van der Waals surface area contributed by atoms with Crippen molar-refractivity contribution in [3.63, 3.8) is 0 Å². The lowest BCUT2D eigenvalue weighted by atomic mass is 10.1. The average Bonchev–Trinajstić information content (AvgIpc) is 2.95. The van der Waals surface area contributed by atoms with Crippen LogP contribution in [0.4, 0.5) is 16.2 Å². The smallest absolute Gasteiger partial charge is 0.326 e. The molecule has 0 atom stereocenters. The summed E-state index contributed by atoms with van der Waals surface area (Å²) in [6.45, 7) is 7.17. The number of benzene rings is 3. The minimum absolute atomic E-state index is 0.0194. The Morgan fingerprint density at radius 1 is 0.949 bits per heavy atom. The van der Waals surface area contributed by atoms with E-state index in [4.69, 9.17) is 10.5 Å². The number of carbonyl (C=O) groups excluding carboxylic acids is 1. The number of anilines is 2. The minimum atomic E-state index is -3.79. The SMILES string of the molecule is CCCCN1CCN(C(=N)c2ccc(NC(=O)N(Cc3ccc(S(N)(=O)=O)cc3)c3ccccc3)cc2)CC1. The normalized spacial score (nSPS) is 14.2. The van der Waals surface area contributed by atoms with Crippen LogP contribution in [-0.4, -0.2) is 62.8 Å². The van der Waals surface area contributed by atoms with Gasteiger partial charge in [-0.1, -0.05) is 43.7 Å². The van der Waals surface area contributed by atoms with E-state index in [2.05, 4.69) is 22.0 Å². The van der Waals surface area contributed by atoms with Gasteiger partial charge in [0.15, 0.2) is 0 Å². The van der Waals surface area contributed by atoms with Gasteiger partial charge in [0.25, 0.3) is 0 Å². The Labute approximate surface area is 230 Å². The maximum absolute atomic E-state index is 13.4. The van der Waals surface area contributed by atoms with Crippen molar-refractivity contribution in [2.75, 3.05) is 42.9 Å². The van der Waals surface area contributed by atoms with E-state index in [-0.39, 0.29) is 17.5 Å². The second-order valence-electron chi connectivity index (χ2n) is 9.65. The second kappa shape index (κ2) is 12.9. The van der Waals surface area contributed by atoms with Crippen LogP contribution in [0.5, 0.6) is 0 Å². The molecule has 1 aliphatic heterocycles. The van der Waals surface area contributed by atoms with E-state index in [0.29, 0.717) is 17.2 Å². The molecular weight excluding hydrogens is 512 g/mol. The molecule has 0 aliphatic carbocycles. The first-order valence-electron chi connectivity index (χ1n) is 13.2. The summed E-state index contributed by atoms with van der Waals surface area (Å²) in [7, 11) is -3.79. The van der Waals surface area contributed by atoms with Crippen LogP contribution in [0, 0.1) is 5.41 Å². The molecule has 1 heterocycles.